The fourth-order valence-electron chi connectivity index (χ4n) is 3.27. The molecular formula is C22H36IN7O2. The van der Waals surface area contributed by atoms with Crippen molar-refractivity contribution < 1.29 is 9.47 Å². The molecule has 10 heteroatoms. The van der Waals surface area contributed by atoms with Crippen LogP contribution < -0.4 is 15.4 Å². The first-order valence-corrected chi connectivity index (χ1v) is 10.9. The molecule has 0 aliphatic carbocycles. The predicted octanol–water partition coefficient (Wildman–Crippen LogP) is 1.88. The maximum atomic E-state index is 6.04. The van der Waals surface area contributed by atoms with Gasteiger partial charge in [-0.3, -0.25) is 4.90 Å². The maximum Gasteiger partial charge on any atom is 0.191 e. The third-order valence-corrected chi connectivity index (χ3v) is 5.27. The van der Waals surface area contributed by atoms with E-state index in [0.717, 1.165) is 62.8 Å². The van der Waals surface area contributed by atoms with Crippen LogP contribution in [0.3, 0.4) is 0 Å². The molecule has 1 aromatic carbocycles. The highest BCUT2D eigenvalue weighted by molar-refractivity contribution is 14.0. The van der Waals surface area contributed by atoms with E-state index < -0.39 is 0 Å². The second-order valence-corrected chi connectivity index (χ2v) is 7.89. The van der Waals surface area contributed by atoms with E-state index in [1.54, 1.807) is 0 Å². The molecule has 9 nitrogen and oxygen atoms in total. The van der Waals surface area contributed by atoms with Crippen LogP contribution in [0.5, 0.6) is 5.75 Å². The topological polar surface area (TPSA) is 88.8 Å². The average Bonchev–Trinajstić information content (AvgIpc) is 3.08. The molecule has 1 aromatic heterocycles. The molecule has 2 N–H and O–H groups in total. The van der Waals surface area contributed by atoms with Gasteiger partial charge in [0.2, 0.25) is 0 Å². The number of nitrogens with zero attached hydrogens (tertiary/aromatic N) is 5. The summed E-state index contributed by atoms with van der Waals surface area (Å²) in [6, 6.07) is 8.10. The lowest BCUT2D eigenvalue weighted by atomic mass is 10.2. The molecule has 3 rings (SSSR count). The van der Waals surface area contributed by atoms with Crippen molar-refractivity contribution in [2.45, 2.75) is 33.4 Å². The molecule has 178 valence electrons. The third-order valence-electron chi connectivity index (χ3n) is 5.27. The summed E-state index contributed by atoms with van der Waals surface area (Å²) < 4.78 is 13.4. The summed E-state index contributed by atoms with van der Waals surface area (Å²) >= 11 is 0. The van der Waals surface area contributed by atoms with E-state index in [0.29, 0.717) is 13.1 Å². The first-order valence-electron chi connectivity index (χ1n) is 10.9. The summed E-state index contributed by atoms with van der Waals surface area (Å²) in [5.41, 5.74) is 1.18. The fraction of sp³-hybridized carbons (Fsp3) is 0.591. The maximum absolute atomic E-state index is 6.04. The van der Waals surface area contributed by atoms with Crippen molar-refractivity contribution in [1.29, 1.82) is 0 Å². The molecule has 1 atom stereocenters. The van der Waals surface area contributed by atoms with Gasteiger partial charge in [-0.2, -0.15) is 0 Å². The Labute approximate surface area is 208 Å². The lowest BCUT2D eigenvalue weighted by Gasteiger charge is -2.27. The summed E-state index contributed by atoms with van der Waals surface area (Å²) in [5, 5.41) is 15.2. The Morgan fingerprint density at radius 1 is 1.22 bits per heavy atom. The van der Waals surface area contributed by atoms with Gasteiger partial charge in [0.1, 0.15) is 24.2 Å². The van der Waals surface area contributed by atoms with E-state index >= 15 is 0 Å². The van der Waals surface area contributed by atoms with Crippen molar-refractivity contribution in [3.05, 3.63) is 41.5 Å². The van der Waals surface area contributed by atoms with Gasteiger partial charge in [0.05, 0.1) is 19.8 Å². The van der Waals surface area contributed by atoms with Crippen molar-refractivity contribution in [2.24, 2.45) is 12.0 Å². The lowest BCUT2D eigenvalue weighted by molar-refractivity contribution is 0.0389. The van der Waals surface area contributed by atoms with Crippen molar-refractivity contribution >= 4 is 29.9 Å². The standard InChI is InChI=1S/C22H35N7O2.HI/c1-17-6-5-7-20(14-17)31-18(2)15-24-22(23-8-9-29-10-12-30-13-11-29)25-16-21-27-26-19(3)28(21)4;/h5-7,14,18H,8-13,15-16H2,1-4H3,(H2,23,24,25);1H. The van der Waals surface area contributed by atoms with Gasteiger partial charge in [-0.15, -0.1) is 34.2 Å². The van der Waals surface area contributed by atoms with Gasteiger partial charge in [-0.1, -0.05) is 12.1 Å². The zero-order valence-corrected chi connectivity index (χ0v) is 21.8. The number of halogens is 1. The number of aryl methyl sites for hydroxylation is 2. The number of rotatable bonds is 9. The molecule has 0 spiro atoms. The normalized spacial score (nSPS) is 15.7. The highest BCUT2D eigenvalue weighted by atomic mass is 127. The van der Waals surface area contributed by atoms with Crippen LogP contribution in [0.1, 0.15) is 24.1 Å². The molecule has 0 amide bonds. The van der Waals surface area contributed by atoms with Crippen LogP contribution in [-0.4, -0.2) is 77.7 Å². The SMILES string of the molecule is Cc1cccc(OC(C)CNC(=NCc2nnc(C)n2C)NCCN2CCOCC2)c1.I. The van der Waals surface area contributed by atoms with E-state index in [-0.39, 0.29) is 30.1 Å². The van der Waals surface area contributed by atoms with Crippen LogP contribution in [0, 0.1) is 13.8 Å². The van der Waals surface area contributed by atoms with Gasteiger partial charge >= 0.3 is 0 Å². The molecule has 1 fully saturated rings. The number of benzene rings is 1. The van der Waals surface area contributed by atoms with Crippen LogP contribution in [0.25, 0.3) is 0 Å². The smallest absolute Gasteiger partial charge is 0.191 e. The van der Waals surface area contributed by atoms with Crippen molar-refractivity contribution in [1.82, 2.24) is 30.3 Å². The summed E-state index contributed by atoms with van der Waals surface area (Å²) in [4.78, 5) is 7.11. The second-order valence-electron chi connectivity index (χ2n) is 7.89. The van der Waals surface area contributed by atoms with Gasteiger partial charge in [0.25, 0.3) is 0 Å². The summed E-state index contributed by atoms with van der Waals surface area (Å²) in [7, 11) is 1.96. The van der Waals surface area contributed by atoms with Gasteiger partial charge < -0.3 is 24.7 Å². The van der Waals surface area contributed by atoms with E-state index in [1.807, 2.05) is 43.7 Å². The first-order chi connectivity index (χ1) is 15.0. The van der Waals surface area contributed by atoms with Gasteiger partial charge in [0.15, 0.2) is 11.8 Å². The number of nitrogens with one attached hydrogen (secondary N) is 2. The number of aromatic nitrogens is 3. The minimum absolute atomic E-state index is 0. The van der Waals surface area contributed by atoms with Crippen LogP contribution in [0.4, 0.5) is 0 Å². The average molecular weight is 557 g/mol. The molecule has 0 radical (unpaired) electrons. The van der Waals surface area contributed by atoms with Crippen LogP contribution in [0.15, 0.2) is 29.3 Å². The Balaban J connectivity index is 0.00000363. The fourth-order valence-corrected chi connectivity index (χ4v) is 3.27. The Morgan fingerprint density at radius 2 is 2.00 bits per heavy atom. The number of hydrogen-bond acceptors (Lipinski definition) is 6. The van der Waals surface area contributed by atoms with Crippen molar-refractivity contribution in [3.8, 4) is 5.75 Å². The molecule has 1 unspecified atom stereocenters. The molecular weight excluding hydrogens is 521 g/mol. The molecule has 32 heavy (non-hydrogen) atoms. The quantitative estimate of drug-likeness (QED) is 0.277. The van der Waals surface area contributed by atoms with E-state index in [4.69, 9.17) is 14.5 Å². The number of hydrogen-bond donors (Lipinski definition) is 2. The number of guanidine groups is 1. The lowest BCUT2D eigenvalue weighted by Crippen LogP contribution is -2.46. The molecule has 2 heterocycles. The summed E-state index contributed by atoms with van der Waals surface area (Å²) in [6.07, 6.45) is -0.00915. The molecule has 1 saturated heterocycles. The largest absolute Gasteiger partial charge is 0.489 e. The van der Waals surface area contributed by atoms with Crippen molar-refractivity contribution in [3.63, 3.8) is 0 Å². The van der Waals surface area contributed by atoms with E-state index in [9.17, 15) is 0 Å². The number of morpholine rings is 1. The number of aliphatic imine (C=N–C) groups is 1. The van der Waals surface area contributed by atoms with Gasteiger partial charge in [-0.25, -0.2) is 4.99 Å². The third kappa shape index (κ3) is 8.55. The van der Waals surface area contributed by atoms with E-state index in [1.165, 1.54) is 5.56 Å². The number of ether oxygens (including phenoxy) is 2. The summed E-state index contributed by atoms with van der Waals surface area (Å²) in [5.74, 6) is 3.33. The Bertz CT molecular complexity index is 853. The van der Waals surface area contributed by atoms with Gasteiger partial charge in [-0.05, 0) is 38.5 Å². The second kappa shape index (κ2) is 13.6. The first kappa shape index (κ1) is 26.3. The van der Waals surface area contributed by atoms with Crippen LogP contribution in [0.2, 0.25) is 0 Å². The molecule has 0 saturated carbocycles. The zero-order valence-electron chi connectivity index (χ0n) is 19.5. The minimum atomic E-state index is -0.00915. The summed E-state index contributed by atoms with van der Waals surface area (Å²) in [6.45, 7) is 12.4. The monoisotopic (exact) mass is 557 g/mol. The Morgan fingerprint density at radius 3 is 2.69 bits per heavy atom. The van der Waals surface area contributed by atoms with Crippen molar-refractivity contribution in [2.75, 3.05) is 45.9 Å². The molecule has 1 aliphatic heterocycles. The van der Waals surface area contributed by atoms with Crippen LogP contribution >= 0.6 is 24.0 Å². The van der Waals surface area contributed by atoms with Gasteiger partial charge in [0, 0.05) is 33.2 Å². The molecule has 0 bridgehead atoms. The molecule has 1 aliphatic rings. The Kier molecular flexibility index (Phi) is 11.2. The highest BCUT2D eigenvalue weighted by Crippen LogP contribution is 2.13. The molecule has 2 aromatic rings. The van der Waals surface area contributed by atoms with Crippen LogP contribution in [-0.2, 0) is 18.3 Å². The highest BCUT2D eigenvalue weighted by Gasteiger charge is 2.11. The Hall–Kier alpha value is -1.92. The predicted molar refractivity (Wildman–Crippen MR) is 137 cm³/mol. The zero-order chi connectivity index (χ0) is 22.1. The van der Waals surface area contributed by atoms with E-state index in [2.05, 4.69) is 38.7 Å². The minimum Gasteiger partial charge on any atom is -0.489 e.